The maximum atomic E-state index is 14.1. The number of aromatic nitrogens is 2. The molecule has 1 aromatic carbocycles. The fourth-order valence-corrected chi connectivity index (χ4v) is 2.55. The number of nitrogens with one attached hydrogen (secondary N) is 1. The Hall–Kier alpha value is -2.28. The molecule has 0 aliphatic carbocycles. The summed E-state index contributed by atoms with van der Waals surface area (Å²) in [6.07, 6.45) is 2.82. The molecular formula is C16H17F2N3O2. The first-order valence-electron chi connectivity index (χ1n) is 7.49. The van der Waals surface area contributed by atoms with Crippen molar-refractivity contribution in [1.82, 2.24) is 9.55 Å². The van der Waals surface area contributed by atoms with Crippen LogP contribution >= 0.6 is 0 Å². The molecule has 3 rings (SSSR count). The van der Waals surface area contributed by atoms with Crippen LogP contribution in [0.15, 0.2) is 35.3 Å². The Balaban J connectivity index is 1.72. The first kappa shape index (κ1) is 15.6. The van der Waals surface area contributed by atoms with Gasteiger partial charge in [-0.1, -0.05) is 18.2 Å². The zero-order chi connectivity index (χ0) is 16.2. The van der Waals surface area contributed by atoms with Crippen molar-refractivity contribution >= 4 is 5.82 Å². The van der Waals surface area contributed by atoms with Crippen LogP contribution in [0, 0.1) is 11.6 Å². The van der Waals surface area contributed by atoms with Gasteiger partial charge in [0.05, 0.1) is 12.6 Å². The van der Waals surface area contributed by atoms with Gasteiger partial charge < -0.3 is 10.1 Å². The number of benzene rings is 1. The molecule has 5 nitrogen and oxygen atoms in total. The van der Waals surface area contributed by atoms with E-state index in [4.69, 9.17) is 4.74 Å². The molecule has 23 heavy (non-hydrogen) atoms. The van der Waals surface area contributed by atoms with Crippen molar-refractivity contribution in [3.63, 3.8) is 0 Å². The molecule has 0 bridgehead atoms. The largest absolute Gasteiger partial charge is 0.376 e. The number of ether oxygens (including phenoxy) is 1. The van der Waals surface area contributed by atoms with Gasteiger partial charge in [-0.15, -0.1) is 0 Å². The first-order chi connectivity index (χ1) is 11.1. The second-order valence-corrected chi connectivity index (χ2v) is 5.45. The van der Waals surface area contributed by atoms with Crippen LogP contribution in [0.5, 0.6) is 0 Å². The molecular weight excluding hydrogens is 304 g/mol. The Morgan fingerprint density at radius 2 is 2.13 bits per heavy atom. The molecule has 1 unspecified atom stereocenters. The molecule has 122 valence electrons. The van der Waals surface area contributed by atoms with Crippen molar-refractivity contribution in [3.05, 3.63) is 58.1 Å². The average molecular weight is 321 g/mol. The zero-order valence-corrected chi connectivity index (χ0v) is 12.5. The van der Waals surface area contributed by atoms with Crippen molar-refractivity contribution in [1.29, 1.82) is 0 Å². The summed E-state index contributed by atoms with van der Waals surface area (Å²) in [7, 11) is 0. The van der Waals surface area contributed by atoms with Crippen LogP contribution < -0.4 is 11.0 Å². The first-order valence-corrected chi connectivity index (χ1v) is 7.49. The van der Waals surface area contributed by atoms with Crippen LogP contribution in [-0.2, 0) is 17.8 Å². The minimum absolute atomic E-state index is 0.0474. The molecule has 1 aliphatic rings. The summed E-state index contributed by atoms with van der Waals surface area (Å²) in [5.74, 6) is -1.23. The summed E-state index contributed by atoms with van der Waals surface area (Å²) in [4.78, 5) is 15.7. The Morgan fingerprint density at radius 1 is 1.30 bits per heavy atom. The van der Waals surface area contributed by atoms with Crippen molar-refractivity contribution in [2.45, 2.75) is 32.0 Å². The molecule has 7 heteroatoms. The lowest BCUT2D eigenvalue weighted by atomic mass is 10.2. The van der Waals surface area contributed by atoms with Crippen molar-refractivity contribution in [2.24, 2.45) is 0 Å². The molecule has 1 N–H and O–H groups in total. The number of hydrogen-bond donors (Lipinski definition) is 1. The summed E-state index contributed by atoms with van der Waals surface area (Å²) in [5.41, 5.74) is -0.185. The summed E-state index contributed by atoms with van der Waals surface area (Å²) < 4.78 is 34.3. The van der Waals surface area contributed by atoms with Gasteiger partial charge in [0.1, 0.15) is 5.82 Å². The predicted octanol–water partition coefficient (Wildman–Crippen LogP) is 2.31. The van der Waals surface area contributed by atoms with Gasteiger partial charge in [0.2, 0.25) is 0 Å². The highest BCUT2D eigenvalue weighted by molar-refractivity contribution is 5.35. The summed E-state index contributed by atoms with van der Waals surface area (Å²) in [6, 6.07) is 6.16. The molecule has 1 aliphatic heterocycles. The second-order valence-electron chi connectivity index (χ2n) is 5.45. The standard InChI is InChI=1S/C16H17F2N3O2/c17-13-6-2-1-4-11(13)8-19-15-14(18)10-21(16(22)20-15)9-12-5-3-7-23-12/h1-2,4,6,10,12H,3,5,7-9H2,(H,19,20,22). The van der Waals surface area contributed by atoms with E-state index in [1.165, 1.54) is 10.6 Å². The highest BCUT2D eigenvalue weighted by atomic mass is 19.1. The maximum absolute atomic E-state index is 14.1. The highest BCUT2D eigenvalue weighted by Crippen LogP contribution is 2.15. The minimum atomic E-state index is -0.654. The van der Waals surface area contributed by atoms with Gasteiger partial charge in [0.25, 0.3) is 0 Å². The molecule has 0 spiro atoms. The van der Waals surface area contributed by atoms with Gasteiger partial charge in [-0.25, -0.2) is 13.6 Å². The Bertz CT molecular complexity index is 742. The molecule has 2 aromatic rings. The fraction of sp³-hybridized carbons (Fsp3) is 0.375. The van der Waals surface area contributed by atoms with E-state index in [9.17, 15) is 13.6 Å². The Kier molecular flexibility index (Phi) is 4.66. The Labute approximate surface area is 131 Å². The summed E-state index contributed by atoms with van der Waals surface area (Å²) >= 11 is 0. The monoisotopic (exact) mass is 321 g/mol. The SMILES string of the molecule is O=c1nc(NCc2ccccc2F)c(F)cn1CC1CCCO1. The number of rotatable bonds is 5. The second kappa shape index (κ2) is 6.87. The third-order valence-corrected chi connectivity index (χ3v) is 3.78. The highest BCUT2D eigenvalue weighted by Gasteiger charge is 2.18. The van der Waals surface area contributed by atoms with Gasteiger partial charge in [-0.3, -0.25) is 4.57 Å². The van der Waals surface area contributed by atoms with E-state index < -0.39 is 17.3 Å². The van der Waals surface area contributed by atoms with Gasteiger partial charge in [0, 0.05) is 24.9 Å². The van der Waals surface area contributed by atoms with E-state index >= 15 is 0 Å². The molecule has 1 aromatic heterocycles. The van der Waals surface area contributed by atoms with Crippen molar-refractivity contribution in [2.75, 3.05) is 11.9 Å². The number of anilines is 1. The van der Waals surface area contributed by atoms with Gasteiger partial charge >= 0.3 is 5.69 Å². The van der Waals surface area contributed by atoms with Crippen LogP contribution in [0.3, 0.4) is 0 Å². The van der Waals surface area contributed by atoms with E-state index in [-0.39, 0.29) is 25.0 Å². The number of nitrogens with zero attached hydrogens (tertiary/aromatic N) is 2. The van der Waals surface area contributed by atoms with Crippen LogP contribution in [0.4, 0.5) is 14.6 Å². The lowest BCUT2D eigenvalue weighted by molar-refractivity contribution is 0.0955. The normalized spacial score (nSPS) is 17.4. The fourth-order valence-electron chi connectivity index (χ4n) is 2.55. The molecule has 1 atom stereocenters. The average Bonchev–Trinajstić information content (AvgIpc) is 3.04. The minimum Gasteiger partial charge on any atom is -0.376 e. The number of halogens is 2. The van der Waals surface area contributed by atoms with Gasteiger partial charge in [-0.2, -0.15) is 4.98 Å². The lowest BCUT2D eigenvalue weighted by Gasteiger charge is -2.13. The van der Waals surface area contributed by atoms with E-state index in [0.29, 0.717) is 12.2 Å². The molecule has 0 amide bonds. The smallest absolute Gasteiger partial charge is 0.349 e. The van der Waals surface area contributed by atoms with Crippen LogP contribution in [0.1, 0.15) is 18.4 Å². The van der Waals surface area contributed by atoms with E-state index in [1.54, 1.807) is 18.2 Å². The number of hydrogen-bond acceptors (Lipinski definition) is 4. The topological polar surface area (TPSA) is 56.2 Å². The van der Waals surface area contributed by atoms with E-state index in [0.717, 1.165) is 19.0 Å². The van der Waals surface area contributed by atoms with Crippen molar-refractivity contribution in [3.8, 4) is 0 Å². The molecule has 0 radical (unpaired) electrons. The molecule has 2 heterocycles. The molecule has 0 saturated carbocycles. The van der Waals surface area contributed by atoms with Crippen LogP contribution in [-0.4, -0.2) is 22.3 Å². The van der Waals surface area contributed by atoms with Gasteiger partial charge in [0.15, 0.2) is 11.6 Å². The molecule has 1 saturated heterocycles. The zero-order valence-electron chi connectivity index (χ0n) is 12.5. The van der Waals surface area contributed by atoms with Crippen LogP contribution in [0.25, 0.3) is 0 Å². The maximum Gasteiger partial charge on any atom is 0.349 e. The van der Waals surface area contributed by atoms with E-state index in [1.807, 2.05) is 0 Å². The third kappa shape index (κ3) is 3.73. The van der Waals surface area contributed by atoms with E-state index in [2.05, 4.69) is 10.3 Å². The molecule has 1 fully saturated rings. The van der Waals surface area contributed by atoms with Crippen LogP contribution in [0.2, 0.25) is 0 Å². The summed E-state index contributed by atoms with van der Waals surface area (Å²) in [5, 5.41) is 2.66. The van der Waals surface area contributed by atoms with Crippen molar-refractivity contribution < 1.29 is 13.5 Å². The lowest BCUT2D eigenvalue weighted by Crippen LogP contribution is -2.29. The summed E-state index contributed by atoms with van der Waals surface area (Å²) in [6.45, 7) is 1.000. The van der Waals surface area contributed by atoms with Gasteiger partial charge in [-0.05, 0) is 18.9 Å². The predicted molar refractivity (Wildman–Crippen MR) is 81.2 cm³/mol. The Morgan fingerprint density at radius 3 is 2.87 bits per heavy atom. The third-order valence-electron chi connectivity index (χ3n) is 3.78. The quantitative estimate of drug-likeness (QED) is 0.918.